The Morgan fingerprint density at radius 3 is 2.29 bits per heavy atom. The summed E-state index contributed by atoms with van der Waals surface area (Å²) in [6, 6.07) is 2.79. The minimum atomic E-state index is -1.12. The van der Waals surface area contributed by atoms with E-state index in [0.29, 0.717) is 11.5 Å². The Hall–Kier alpha value is -2.02. The fourth-order valence-corrected chi connectivity index (χ4v) is 1.40. The number of carboxylic acid groups (broad SMARTS) is 1. The maximum Gasteiger partial charge on any atom is 0.337 e. The molecule has 4 N–H and O–H groups in total. The highest BCUT2D eigenvalue weighted by atomic mass is 32.1. The molecule has 92 valence electrons. The summed E-state index contributed by atoms with van der Waals surface area (Å²) >= 11 is 4.67. The van der Waals surface area contributed by atoms with E-state index >= 15 is 0 Å². The van der Waals surface area contributed by atoms with Crippen LogP contribution in [0.2, 0.25) is 0 Å². The summed E-state index contributed by atoms with van der Waals surface area (Å²) in [6.45, 7) is 0. The lowest BCUT2D eigenvalue weighted by molar-refractivity contribution is 0.0697. The summed E-state index contributed by atoms with van der Waals surface area (Å²) in [7, 11) is 2.87. The van der Waals surface area contributed by atoms with Gasteiger partial charge in [-0.3, -0.25) is 0 Å². The summed E-state index contributed by atoms with van der Waals surface area (Å²) in [5.74, 6) is -0.417. The zero-order valence-electron chi connectivity index (χ0n) is 9.31. The Labute approximate surface area is 103 Å². The predicted molar refractivity (Wildman–Crippen MR) is 66.9 cm³/mol. The number of anilines is 1. The van der Waals surface area contributed by atoms with Crippen molar-refractivity contribution in [2.24, 2.45) is 5.73 Å². The first-order chi connectivity index (χ1) is 7.99. The van der Waals surface area contributed by atoms with Crippen LogP contribution in [-0.2, 0) is 0 Å². The number of hydrogen-bond donors (Lipinski definition) is 3. The molecule has 0 aromatic heterocycles. The Kier molecular flexibility index (Phi) is 4.11. The van der Waals surface area contributed by atoms with Crippen LogP contribution < -0.4 is 20.5 Å². The van der Waals surface area contributed by atoms with Crippen molar-refractivity contribution in [3.63, 3.8) is 0 Å². The number of nitrogens with two attached hydrogens (primary N) is 1. The highest BCUT2D eigenvalue weighted by molar-refractivity contribution is 7.80. The SMILES string of the molecule is COc1cc(NC(N)=S)c(C(=O)O)cc1OC. The second-order valence-corrected chi connectivity index (χ2v) is 3.49. The maximum atomic E-state index is 11.1. The smallest absolute Gasteiger partial charge is 0.337 e. The van der Waals surface area contributed by atoms with Gasteiger partial charge in [0.25, 0.3) is 0 Å². The van der Waals surface area contributed by atoms with E-state index < -0.39 is 5.97 Å². The minimum Gasteiger partial charge on any atom is -0.493 e. The number of ether oxygens (including phenoxy) is 2. The Balaban J connectivity index is 3.34. The molecular formula is C10H12N2O4S. The van der Waals surface area contributed by atoms with Crippen molar-refractivity contribution in [1.29, 1.82) is 0 Å². The second kappa shape index (κ2) is 5.35. The van der Waals surface area contributed by atoms with Gasteiger partial charge in [-0.25, -0.2) is 4.79 Å². The van der Waals surface area contributed by atoms with Crippen LogP contribution in [0.1, 0.15) is 10.4 Å². The van der Waals surface area contributed by atoms with E-state index in [1.54, 1.807) is 0 Å². The zero-order valence-corrected chi connectivity index (χ0v) is 10.1. The molecule has 0 spiro atoms. The molecule has 0 saturated heterocycles. The lowest BCUT2D eigenvalue weighted by Gasteiger charge is -2.13. The Morgan fingerprint density at radius 1 is 1.35 bits per heavy atom. The number of carbonyl (C=O) groups is 1. The molecule has 0 fully saturated rings. The van der Waals surface area contributed by atoms with E-state index in [9.17, 15) is 4.79 Å². The molecule has 0 aliphatic heterocycles. The van der Waals surface area contributed by atoms with Gasteiger partial charge in [-0.05, 0) is 12.2 Å². The first-order valence-corrected chi connectivity index (χ1v) is 4.96. The molecule has 1 aromatic carbocycles. The maximum absolute atomic E-state index is 11.1. The minimum absolute atomic E-state index is 0.00421. The first-order valence-electron chi connectivity index (χ1n) is 4.55. The van der Waals surface area contributed by atoms with Crippen molar-refractivity contribution in [1.82, 2.24) is 0 Å². The van der Waals surface area contributed by atoms with Crippen LogP contribution in [0.3, 0.4) is 0 Å². The summed E-state index contributed by atoms with van der Waals surface area (Å²) in [5, 5.41) is 11.6. The van der Waals surface area contributed by atoms with Gasteiger partial charge in [-0.15, -0.1) is 0 Å². The van der Waals surface area contributed by atoms with Crippen molar-refractivity contribution in [2.45, 2.75) is 0 Å². The lowest BCUT2D eigenvalue weighted by atomic mass is 10.1. The van der Waals surface area contributed by atoms with Gasteiger partial charge >= 0.3 is 5.97 Å². The Morgan fingerprint density at radius 2 is 1.88 bits per heavy atom. The molecule has 6 nitrogen and oxygen atoms in total. The molecule has 0 radical (unpaired) electrons. The van der Waals surface area contributed by atoms with Crippen LogP contribution in [0.4, 0.5) is 5.69 Å². The van der Waals surface area contributed by atoms with Gasteiger partial charge < -0.3 is 25.6 Å². The van der Waals surface area contributed by atoms with E-state index in [0.717, 1.165) is 0 Å². The van der Waals surface area contributed by atoms with E-state index in [-0.39, 0.29) is 16.4 Å². The molecule has 0 atom stereocenters. The number of hydrogen-bond acceptors (Lipinski definition) is 4. The molecule has 0 saturated carbocycles. The summed E-state index contributed by atoms with van der Waals surface area (Å²) in [6.07, 6.45) is 0. The molecule has 0 aliphatic rings. The first kappa shape index (κ1) is 13.0. The number of carboxylic acids is 1. The van der Waals surface area contributed by atoms with Gasteiger partial charge in [0.2, 0.25) is 0 Å². The van der Waals surface area contributed by atoms with E-state index in [1.807, 2.05) is 0 Å². The molecule has 0 heterocycles. The topological polar surface area (TPSA) is 93.8 Å². The fraction of sp³-hybridized carbons (Fsp3) is 0.200. The highest BCUT2D eigenvalue weighted by Crippen LogP contribution is 2.33. The number of methoxy groups -OCH3 is 2. The molecule has 0 aliphatic carbocycles. The molecular weight excluding hydrogens is 244 g/mol. The third kappa shape index (κ3) is 2.97. The van der Waals surface area contributed by atoms with Crippen LogP contribution in [0.25, 0.3) is 0 Å². The van der Waals surface area contributed by atoms with Crippen LogP contribution in [0.5, 0.6) is 11.5 Å². The van der Waals surface area contributed by atoms with Gasteiger partial charge in [-0.2, -0.15) is 0 Å². The van der Waals surface area contributed by atoms with E-state index in [2.05, 4.69) is 17.5 Å². The van der Waals surface area contributed by atoms with Crippen molar-refractivity contribution in [3.8, 4) is 11.5 Å². The molecule has 1 rings (SSSR count). The number of rotatable bonds is 4. The fourth-order valence-electron chi connectivity index (χ4n) is 1.29. The molecule has 0 bridgehead atoms. The molecule has 1 aromatic rings. The van der Waals surface area contributed by atoms with E-state index in [4.69, 9.17) is 20.3 Å². The Bertz CT molecular complexity index is 462. The van der Waals surface area contributed by atoms with Gasteiger partial charge in [0.05, 0.1) is 25.5 Å². The zero-order chi connectivity index (χ0) is 13.0. The summed E-state index contributed by atoms with van der Waals surface area (Å²) in [4.78, 5) is 11.1. The third-order valence-corrected chi connectivity index (χ3v) is 2.11. The van der Waals surface area contributed by atoms with Crippen molar-refractivity contribution in [3.05, 3.63) is 17.7 Å². The van der Waals surface area contributed by atoms with Crippen molar-refractivity contribution >= 4 is 29.0 Å². The molecule has 0 amide bonds. The molecule has 0 unspecified atom stereocenters. The quantitative estimate of drug-likeness (QED) is 0.693. The second-order valence-electron chi connectivity index (χ2n) is 3.05. The van der Waals surface area contributed by atoms with Gasteiger partial charge in [0, 0.05) is 12.1 Å². The van der Waals surface area contributed by atoms with Crippen LogP contribution >= 0.6 is 12.2 Å². The van der Waals surface area contributed by atoms with Gasteiger partial charge in [0.1, 0.15) is 0 Å². The van der Waals surface area contributed by atoms with Gasteiger partial charge in [-0.1, -0.05) is 0 Å². The number of thiocarbonyl (C=S) groups is 1. The molecule has 7 heteroatoms. The van der Waals surface area contributed by atoms with Crippen LogP contribution in [0, 0.1) is 0 Å². The highest BCUT2D eigenvalue weighted by Gasteiger charge is 2.16. The third-order valence-electron chi connectivity index (χ3n) is 2.01. The average molecular weight is 256 g/mol. The summed E-state index contributed by atoms with van der Waals surface area (Å²) < 4.78 is 10.1. The normalized spacial score (nSPS) is 9.53. The van der Waals surface area contributed by atoms with Crippen molar-refractivity contribution < 1.29 is 19.4 Å². The monoisotopic (exact) mass is 256 g/mol. The molecule has 17 heavy (non-hydrogen) atoms. The van der Waals surface area contributed by atoms with Gasteiger partial charge in [0.15, 0.2) is 16.6 Å². The number of benzene rings is 1. The van der Waals surface area contributed by atoms with E-state index in [1.165, 1.54) is 26.4 Å². The standard InChI is InChI=1S/C10H12N2O4S/c1-15-7-3-5(9(13)14)6(12-10(11)17)4-8(7)16-2/h3-4H,1-2H3,(H,13,14)(H3,11,12,17). The van der Waals surface area contributed by atoms with Crippen LogP contribution in [0.15, 0.2) is 12.1 Å². The number of aromatic carboxylic acids is 1. The largest absolute Gasteiger partial charge is 0.493 e. The van der Waals surface area contributed by atoms with Crippen molar-refractivity contribution in [2.75, 3.05) is 19.5 Å². The lowest BCUT2D eigenvalue weighted by Crippen LogP contribution is -2.20. The number of nitrogens with one attached hydrogen (secondary N) is 1. The summed E-state index contributed by atoms with van der Waals surface area (Å²) in [5.41, 5.74) is 5.56. The average Bonchev–Trinajstić information content (AvgIpc) is 2.27. The van der Waals surface area contributed by atoms with Crippen LogP contribution in [-0.4, -0.2) is 30.4 Å². The predicted octanol–water partition coefficient (Wildman–Crippen LogP) is 1.06.